The van der Waals surface area contributed by atoms with Crippen LogP contribution in [0.25, 0.3) is 0 Å². The molecule has 2 atom stereocenters. The van der Waals surface area contributed by atoms with E-state index in [0.29, 0.717) is 11.5 Å². The highest BCUT2D eigenvalue weighted by molar-refractivity contribution is 7.93. The van der Waals surface area contributed by atoms with Gasteiger partial charge < -0.3 is 24.3 Å². The highest BCUT2D eigenvalue weighted by atomic mass is 32.2. The molecule has 9 nitrogen and oxygen atoms in total. The molecule has 2 N–H and O–H groups in total. The first kappa shape index (κ1) is 23.1. The fourth-order valence-electron chi connectivity index (χ4n) is 3.41. The van der Waals surface area contributed by atoms with Gasteiger partial charge in [-0.2, -0.15) is 0 Å². The van der Waals surface area contributed by atoms with Crippen LogP contribution in [0.5, 0.6) is 11.5 Å². The van der Waals surface area contributed by atoms with E-state index in [1.807, 2.05) is 0 Å². The number of allylic oxidation sites excluding steroid dienone is 1. The van der Waals surface area contributed by atoms with E-state index in [2.05, 4.69) is 10.6 Å². The van der Waals surface area contributed by atoms with Crippen LogP contribution >= 0.6 is 0 Å². The second-order valence-corrected chi connectivity index (χ2v) is 9.37. The Kier molecular flexibility index (Phi) is 6.93. The second kappa shape index (κ2) is 9.29. The molecule has 170 valence electrons. The van der Waals surface area contributed by atoms with Gasteiger partial charge >= 0.3 is 0 Å². The first-order chi connectivity index (χ1) is 14.8. The summed E-state index contributed by atoms with van der Waals surface area (Å²) < 4.78 is 48.9. The van der Waals surface area contributed by atoms with Gasteiger partial charge in [0.2, 0.25) is 20.7 Å². The van der Waals surface area contributed by atoms with Gasteiger partial charge in [0.1, 0.15) is 5.76 Å². The van der Waals surface area contributed by atoms with Crippen molar-refractivity contribution >= 4 is 15.7 Å². The number of carbonyl (C=O) groups is 1. The Morgan fingerprint density at radius 2 is 1.81 bits per heavy atom. The van der Waals surface area contributed by atoms with E-state index >= 15 is 0 Å². The molecule has 0 spiro atoms. The monoisotopic (exact) mass is 452 g/mol. The maximum atomic E-state index is 13.8. The topological polar surface area (TPSA) is 112 Å². The molecule has 1 aromatic carbocycles. The molecule has 3 rings (SSSR count). The van der Waals surface area contributed by atoms with Crippen molar-refractivity contribution in [2.45, 2.75) is 34.8 Å². The smallest absolute Gasteiger partial charge is 0.234 e. The van der Waals surface area contributed by atoms with E-state index in [1.54, 1.807) is 6.08 Å². The molecule has 0 saturated heterocycles. The fraction of sp³-hybridized carbons (Fsp3) is 0.476. The van der Waals surface area contributed by atoms with Crippen molar-refractivity contribution in [1.82, 2.24) is 10.6 Å². The first-order valence-electron chi connectivity index (χ1n) is 9.81. The molecule has 31 heavy (non-hydrogen) atoms. The number of methoxy groups -OCH3 is 4. The van der Waals surface area contributed by atoms with Crippen LogP contribution in [0.1, 0.15) is 12.8 Å². The molecule has 2 unspecified atom stereocenters. The maximum absolute atomic E-state index is 13.8. The molecule has 2 aliphatic rings. The quantitative estimate of drug-likeness (QED) is 0.544. The van der Waals surface area contributed by atoms with Gasteiger partial charge in [0.25, 0.3) is 0 Å². The molecule has 0 bridgehead atoms. The Bertz CT molecular complexity index is 985. The van der Waals surface area contributed by atoms with Crippen LogP contribution in [0.3, 0.4) is 0 Å². The van der Waals surface area contributed by atoms with Crippen LogP contribution in [-0.4, -0.2) is 66.3 Å². The second-order valence-electron chi connectivity index (χ2n) is 7.25. The zero-order chi connectivity index (χ0) is 22.6. The summed E-state index contributed by atoms with van der Waals surface area (Å²) >= 11 is 0. The summed E-state index contributed by atoms with van der Waals surface area (Å²) in [5.74, 6) is 0.921. The van der Waals surface area contributed by atoms with Crippen molar-refractivity contribution in [3.05, 3.63) is 42.2 Å². The summed E-state index contributed by atoms with van der Waals surface area (Å²) in [5.41, 5.74) is 0. The zero-order valence-electron chi connectivity index (χ0n) is 18.0. The third-order valence-corrected chi connectivity index (χ3v) is 7.58. The molecule has 0 radical (unpaired) electrons. The average Bonchev–Trinajstić information content (AvgIpc) is 3.60. The molecule has 0 heterocycles. The van der Waals surface area contributed by atoms with E-state index in [4.69, 9.17) is 18.9 Å². The SMILES string of the molecule is COC1=CC(NCC(=O)NC2CC2)C(OC)(S(=O)(=O)c2ccc(OC)c(OC)c2)C=C1. The van der Waals surface area contributed by atoms with Crippen LogP contribution in [0, 0.1) is 0 Å². The largest absolute Gasteiger partial charge is 0.497 e. The lowest BCUT2D eigenvalue weighted by atomic mass is 10.0. The highest BCUT2D eigenvalue weighted by Gasteiger charge is 2.51. The van der Waals surface area contributed by atoms with Gasteiger partial charge in [0.15, 0.2) is 11.5 Å². The summed E-state index contributed by atoms with van der Waals surface area (Å²) in [6.07, 6.45) is 6.47. The van der Waals surface area contributed by atoms with Crippen molar-refractivity contribution in [3.63, 3.8) is 0 Å². The number of nitrogens with one attached hydrogen (secondary N) is 2. The Balaban J connectivity index is 1.97. The predicted molar refractivity (Wildman–Crippen MR) is 114 cm³/mol. The van der Waals surface area contributed by atoms with Crippen LogP contribution in [0.4, 0.5) is 0 Å². The molecule has 1 saturated carbocycles. The van der Waals surface area contributed by atoms with E-state index in [-0.39, 0.29) is 29.1 Å². The van der Waals surface area contributed by atoms with Gasteiger partial charge in [-0.25, -0.2) is 8.42 Å². The summed E-state index contributed by atoms with van der Waals surface area (Å²) in [5, 5.41) is 5.88. The molecular formula is C21H28N2O7S. The Morgan fingerprint density at radius 1 is 1.10 bits per heavy atom. The van der Waals surface area contributed by atoms with Crippen molar-refractivity contribution in [3.8, 4) is 11.5 Å². The minimum Gasteiger partial charge on any atom is -0.497 e. The first-order valence-corrected chi connectivity index (χ1v) is 11.3. The van der Waals surface area contributed by atoms with Gasteiger partial charge in [-0.1, -0.05) is 0 Å². The lowest BCUT2D eigenvalue weighted by Crippen LogP contribution is -2.57. The van der Waals surface area contributed by atoms with Crippen molar-refractivity contribution in [1.29, 1.82) is 0 Å². The summed E-state index contributed by atoms with van der Waals surface area (Å²) in [6.45, 7) is -0.0743. The minimum atomic E-state index is -4.11. The van der Waals surface area contributed by atoms with Gasteiger partial charge in [0.05, 0.1) is 38.8 Å². The van der Waals surface area contributed by atoms with Crippen LogP contribution in [-0.2, 0) is 24.1 Å². The minimum absolute atomic E-state index is 0.0138. The third kappa shape index (κ3) is 4.56. The van der Waals surface area contributed by atoms with Crippen molar-refractivity contribution < 1.29 is 32.2 Å². The molecule has 1 aromatic rings. The Labute approximate surface area is 182 Å². The Morgan fingerprint density at radius 3 is 2.39 bits per heavy atom. The molecule has 1 amide bonds. The van der Waals surface area contributed by atoms with Crippen molar-refractivity contribution in [2.24, 2.45) is 0 Å². The summed E-state index contributed by atoms with van der Waals surface area (Å²) in [6, 6.07) is 3.64. The lowest BCUT2D eigenvalue weighted by molar-refractivity contribution is -0.120. The van der Waals surface area contributed by atoms with E-state index in [0.717, 1.165) is 12.8 Å². The standard InChI is InChI=1S/C21H28N2O7S/c1-27-15-9-10-21(30-4,19(11-15)22-13-20(24)23-14-5-6-14)31(25,26)16-7-8-17(28-2)18(12-16)29-3/h7-12,14,19,22H,5-6,13H2,1-4H3,(H,23,24). The number of sulfone groups is 1. The number of carbonyl (C=O) groups excluding carboxylic acids is 1. The third-order valence-electron chi connectivity index (χ3n) is 5.31. The number of amides is 1. The average molecular weight is 453 g/mol. The highest BCUT2D eigenvalue weighted by Crippen LogP contribution is 2.38. The van der Waals surface area contributed by atoms with Crippen LogP contribution < -0.4 is 20.1 Å². The van der Waals surface area contributed by atoms with Crippen LogP contribution in [0.15, 0.2) is 47.1 Å². The fourth-order valence-corrected chi connectivity index (χ4v) is 5.24. The molecule has 2 aliphatic carbocycles. The number of benzene rings is 1. The molecule has 10 heteroatoms. The maximum Gasteiger partial charge on any atom is 0.234 e. The van der Waals surface area contributed by atoms with Gasteiger partial charge in [-0.15, -0.1) is 0 Å². The molecule has 0 aliphatic heterocycles. The van der Waals surface area contributed by atoms with Gasteiger partial charge in [-0.3, -0.25) is 10.1 Å². The van der Waals surface area contributed by atoms with Gasteiger partial charge in [0, 0.05) is 19.2 Å². The summed E-state index contributed by atoms with van der Waals surface area (Å²) in [7, 11) is 1.58. The molecular weight excluding hydrogens is 424 g/mol. The van der Waals surface area contributed by atoms with E-state index < -0.39 is 20.8 Å². The lowest BCUT2D eigenvalue weighted by Gasteiger charge is -2.37. The predicted octanol–water partition coefficient (Wildman–Crippen LogP) is 1.16. The van der Waals surface area contributed by atoms with Gasteiger partial charge in [-0.05, 0) is 43.2 Å². The number of hydrogen-bond acceptors (Lipinski definition) is 8. The number of hydrogen-bond donors (Lipinski definition) is 2. The van der Waals surface area contributed by atoms with Crippen molar-refractivity contribution in [2.75, 3.05) is 35.0 Å². The van der Waals surface area contributed by atoms with Crippen LogP contribution in [0.2, 0.25) is 0 Å². The molecule has 1 fully saturated rings. The summed E-state index contributed by atoms with van der Waals surface area (Å²) in [4.78, 5) is 10.4. The number of ether oxygens (including phenoxy) is 4. The normalized spacial score (nSPS) is 23.1. The van der Waals surface area contributed by atoms with E-state index in [9.17, 15) is 13.2 Å². The zero-order valence-corrected chi connectivity index (χ0v) is 18.8. The Hall–Kier alpha value is -2.56. The molecule has 0 aromatic heterocycles. The van der Waals surface area contributed by atoms with E-state index in [1.165, 1.54) is 58.8 Å². The number of rotatable bonds is 10.